The highest BCUT2D eigenvalue weighted by molar-refractivity contribution is 5.91. The largest absolute Gasteiger partial charge is 0.330 e. The number of nitrogens with two attached hydrogens (primary N) is 1. The van der Waals surface area contributed by atoms with E-state index in [2.05, 4.69) is 10.3 Å². The number of pyridine rings is 1. The number of nitrogens with zero attached hydrogens (tertiary/aromatic N) is 1. The lowest BCUT2D eigenvalue weighted by Gasteiger charge is -2.40. The molecule has 4 heteroatoms. The van der Waals surface area contributed by atoms with Gasteiger partial charge in [0.1, 0.15) is 0 Å². The number of carbonyl (C=O) groups is 1. The quantitative estimate of drug-likeness (QED) is 0.807. The van der Waals surface area contributed by atoms with Gasteiger partial charge in [0.25, 0.3) is 0 Å². The fraction of sp³-hybridized carbons (Fsp3) is 0.500. The fourth-order valence-corrected chi connectivity index (χ4v) is 2.11. The highest BCUT2D eigenvalue weighted by Gasteiger charge is 2.37. The Labute approximate surface area is 95.3 Å². The molecule has 0 unspecified atom stereocenters. The summed E-state index contributed by atoms with van der Waals surface area (Å²) in [6, 6.07) is 3.57. The number of anilines is 1. The van der Waals surface area contributed by atoms with Crippen LogP contribution < -0.4 is 11.1 Å². The maximum Gasteiger partial charge on any atom is 0.224 e. The van der Waals surface area contributed by atoms with Crippen molar-refractivity contribution in [3.63, 3.8) is 0 Å². The van der Waals surface area contributed by atoms with Gasteiger partial charge in [0.2, 0.25) is 5.91 Å². The Bertz CT molecular complexity index is 354. The van der Waals surface area contributed by atoms with Crippen LogP contribution in [0.5, 0.6) is 0 Å². The van der Waals surface area contributed by atoms with E-state index in [1.165, 1.54) is 6.42 Å². The minimum absolute atomic E-state index is 0.0522. The summed E-state index contributed by atoms with van der Waals surface area (Å²) in [7, 11) is 0. The summed E-state index contributed by atoms with van der Waals surface area (Å²) >= 11 is 0. The summed E-state index contributed by atoms with van der Waals surface area (Å²) in [5.41, 5.74) is 6.58. The van der Waals surface area contributed by atoms with E-state index in [0.717, 1.165) is 18.5 Å². The Morgan fingerprint density at radius 1 is 1.44 bits per heavy atom. The zero-order valence-electron chi connectivity index (χ0n) is 9.28. The van der Waals surface area contributed by atoms with Crippen LogP contribution >= 0.6 is 0 Å². The molecule has 0 aliphatic heterocycles. The van der Waals surface area contributed by atoms with Crippen molar-refractivity contribution in [3.05, 3.63) is 24.5 Å². The summed E-state index contributed by atoms with van der Waals surface area (Å²) in [5.74, 6) is 0.0522. The van der Waals surface area contributed by atoms with Crippen molar-refractivity contribution >= 4 is 11.6 Å². The van der Waals surface area contributed by atoms with Crippen LogP contribution in [0, 0.1) is 5.41 Å². The third-order valence-corrected chi connectivity index (χ3v) is 3.35. The Morgan fingerprint density at radius 2 is 2.12 bits per heavy atom. The van der Waals surface area contributed by atoms with Crippen LogP contribution in [0.15, 0.2) is 24.5 Å². The molecule has 1 aromatic rings. The zero-order chi connectivity index (χ0) is 11.4. The molecule has 1 aliphatic carbocycles. The Balaban J connectivity index is 1.89. The smallest absolute Gasteiger partial charge is 0.224 e. The number of nitrogens with one attached hydrogen (secondary N) is 1. The molecule has 16 heavy (non-hydrogen) atoms. The summed E-state index contributed by atoms with van der Waals surface area (Å²) < 4.78 is 0. The zero-order valence-corrected chi connectivity index (χ0v) is 9.28. The highest BCUT2D eigenvalue weighted by atomic mass is 16.1. The lowest BCUT2D eigenvalue weighted by molar-refractivity contribution is -0.119. The first-order valence-electron chi connectivity index (χ1n) is 5.64. The summed E-state index contributed by atoms with van der Waals surface area (Å²) in [6.07, 6.45) is 7.21. The van der Waals surface area contributed by atoms with Gasteiger partial charge in [-0.05, 0) is 36.9 Å². The lowest BCUT2D eigenvalue weighted by Crippen LogP contribution is -2.40. The van der Waals surface area contributed by atoms with Crippen LogP contribution in [0.1, 0.15) is 25.7 Å². The van der Waals surface area contributed by atoms with Crippen LogP contribution in [0.2, 0.25) is 0 Å². The van der Waals surface area contributed by atoms with Gasteiger partial charge in [-0.2, -0.15) is 0 Å². The van der Waals surface area contributed by atoms with Gasteiger partial charge in [0.05, 0.1) is 0 Å². The van der Waals surface area contributed by atoms with Crippen molar-refractivity contribution in [2.24, 2.45) is 11.1 Å². The predicted octanol–water partition coefficient (Wildman–Crippen LogP) is 1.54. The van der Waals surface area contributed by atoms with Crippen molar-refractivity contribution in [1.82, 2.24) is 4.98 Å². The second-order valence-electron chi connectivity index (χ2n) is 4.52. The van der Waals surface area contributed by atoms with Crippen LogP contribution in [0.25, 0.3) is 0 Å². The van der Waals surface area contributed by atoms with E-state index >= 15 is 0 Å². The van der Waals surface area contributed by atoms with Gasteiger partial charge in [0, 0.05) is 24.5 Å². The monoisotopic (exact) mass is 219 g/mol. The van der Waals surface area contributed by atoms with Crippen molar-refractivity contribution in [1.29, 1.82) is 0 Å². The van der Waals surface area contributed by atoms with E-state index in [1.807, 2.05) is 0 Å². The third-order valence-electron chi connectivity index (χ3n) is 3.35. The number of aromatic nitrogens is 1. The Morgan fingerprint density at radius 3 is 2.62 bits per heavy atom. The molecule has 1 aliphatic rings. The average Bonchev–Trinajstić information content (AvgIpc) is 2.25. The topological polar surface area (TPSA) is 68.0 Å². The maximum atomic E-state index is 11.8. The van der Waals surface area contributed by atoms with Gasteiger partial charge in [-0.1, -0.05) is 6.42 Å². The molecule has 0 bridgehead atoms. The number of hydrogen-bond acceptors (Lipinski definition) is 3. The van der Waals surface area contributed by atoms with E-state index in [4.69, 9.17) is 5.73 Å². The molecule has 1 saturated carbocycles. The molecule has 1 aromatic heterocycles. The molecule has 0 radical (unpaired) electrons. The van der Waals surface area contributed by atoms with Crippen LogP contribution in [-0.2, 0) is 4.79 Å². The fourth-order valence-electron chi connectivity index (χ4n) is 2.11. The second-order valence-corrected chi connectivity index (χ2v) is 4.52. The molecular weight excluding hydrogens is 202 g/mol. The predicted molar refractivity (Wildman–Crippen MR) is 62.8 cm³/mol. The normalized spacial score (nSPS) is 17.6. The Hall–Kier alpha value is -1.42. The van der Waals surface area contributed by atoms with E-state index in [9.17, 15) is 4.79 Å². The van der Waals surface area contributed by atoms with Gasteiger partial charge in [-0.15, -0.1) is 0 Å². The van der Waals surface area contributed by atoms with Gasteiger partial charge in [-0.25, -0.2) is 0 Å². The number of hydrogen-bond donors (Lipinski definition) is 2. The van der Waals surface area contributed by atoms with E-state index in [-0.39, 0.29) is 11.3 Å². The molecule has 1 fully saturated rings. The minimum atomic E-state index is 0.0522. The van der Waals surface area contributed by atoms with Gasteiger partial charge in [-0.3, -0.25) is 9.78 Å². The molecule has 3 N–H and O–H groups in total. The third kappa shape index (κ3) is 2.39. The number of rotatable bonds is 4. The Kier molecular flexibility index (Phi) is 3.19. The molecule has 0 saturated heterocycles. The van der Waals surface area contributed by atoms with Gasteiger partial charge < -0.3 is 11.1 Å². The average molecular weight is 219 g/mol. The van der Waals surface area contributed by atoms with Crippen molar-refractivity contribution in [2.75, 3.05) is 11.9 Å². The second kappa shape index (κ2) is 4.61. The summed E-state index contributed by atoms with van der Waals surface area (Å²) in [4.78, 5) is 15.7. The van der Waals surface area contributed by atoms with Crippen molar-refractivity contribution in [3.8, 4) is 0 Å². The minimum Gasteiger partial charge on any atom is -0.330 e. The standard InChI is InChI=1S/C12H17N3O/c13-9-12(4-1-5-12)8-11(16)15-10-2-6-14-7-3-10/h2-3,6-7H,1,4-5,8-9,13H2,(H,14,15,16). The van der Waals surface area contributed by atoms with E-state index in [0.29, 0.717) is 13.0 Å². The molecule has 0 aromatic carbocycles. The number of carbonyl (C=O) groups excluding carboxylic acids is 1. The van der Waals surface area contributed by atoms with Gasteiger partial charge in [0.15, 0.2) is 0 Å². The summed E-state index contributed by atoms with van der Waals surface area (Å²) in [6.45, 7) is 0.608. The molecule has 1 amide bonds. The first-order valence-corrected chi connectivity index (χ1v) is 5.64. The molecule has 1 heterocycles. The molecule has 4 nitrogen and oxygen atoms in total. The van der Waals surface area contributed by atoms with Crippen LogP contribution in [-0.4, -0.2) is 17.4 Å². The van der Waals surface area contributed by atoms with Crippen LogP contribution in [0.3, 0.4) is 0 Å². The number of amides is 1. The first-order chi connectivity index (χ1) is 7.74. The molecule has 86 valence electrons. The van der Waals surface area contributed by atoms with Crippen molar-refractivity contribution in [2.45, 2.75) is 25.7 Å². The highest BCUT2D eigenvalue weighted by Crippen LogP contribution is 2.42. The lowest BCUT2D eigenvalue weighted by atomic mass is 9.66. The molecule has 0 spiro atoms. The maximum absolute atomic E-state index is 11.8. The van der Waals surface area contributed by atoms with E-state index in [1.54, 1.807) is 24.5 Å². The molecule has 2 rings (SSSR count). The molecular formula is C12H17N3O. The van der Waals surface area contributed by atoms with E-state index < -0.39 is 0 Å². The first kappa shape index (κ1) is 11.1. The SMILES string of the molecule is NCC1(CC(=O)Nc2ccncc2)CCC1. The molecule has 0 atom stereocenters. The summed E-state index contributed by atoms with van der Waals surface area (Å²) in [5, 5.41) is 2.87. The van der Waals surface area contributed by atoms with Gasteiger partial charge >= 0.3 is 0 Å². The van der Waals surface area contributed by atoms with Crippen molar-refractivity contribution < 1.29 is 4.79 Å². The van der Waals surface area contributed by atoms with Crippen LogP contribution in [0.4, 0.5) is 5.69 Å².